The van der Waals surface area contributed by atoms with E-state index in [1.165, 1.54) is 10.9 Å². The molecular formula is C7H9BrN2O. The summed E-state index contributed by atoms with van der Waals surface area (Å²) < 4.78 is 0.933. The van der Waals surface area contributed by atoms with Gasteiger partial charge >= 0.3 is 0 Å². The lowest BCUT2D eigenvalue weighted by atomic mass is 10.2. The molecule has 1 aromatic rings. The molecule has 0 aliphatic heterocycles. The number of carbonyl (C=O) groups excluding carboxylic acids is 1. The van der Waals surface area contributed by atoms with Gasteiger partial charge in [-0.3, -0.25) is 9.36 Å². The average Bonchev–Trinajstić information content (AvgIpc) is 2.34. The van der Waals surface area contributed by atoms with Gasteiger partial charge in [-0.1, -0.05) is 15.9 Å². The van der Waals surface area contributed by atoms with Gasteiger partial charge in [-0.2, -0.15) is 0 Å². The van der Waals surface area contributed by atoms with Crippen molar-refractivity contribution in [1.29, 1.82) is 0 Å². The Bertz CT molecular complexity index is 248. The summed E-state index contributed by atoms with van der Waals surface area (Å²) in [5.41, 5.74) is 0. The molecule has 0 N–H and O–H groups in total. The van der Waals surface area contributed by atoms with E-state index in [4.69, 9.17) is 0 Å². The minimum Gasteiger partial charge on any atom is -0.275 e. The second kappa shape index (κ2) is 2.77. The van der Waals surface area contributed by atoms with E-state index >= 15 is 0 Å². The van der Waals surface area contributed by atoms with Crippen molar-refractivity contribution >= 4 is 21.8 Å². The molecule has 0 saturated heterocycles. The third-order valence-corrected chi connectivity index (χ3v) is 1.59. The first-order chi connectivity index (χ1) is 5.02. The zero-order valence-electron chi connectivity index (χ0n) is 6.41. The van der Waals surface area contributed by atoms with Crippen molar-refractivity contribution in [1.82, 2.24) is 9.55 Å². The van der Waals surface area contributed by atoms with Crippen LogP contribution in [-0.2, 0) is 0 Å². The number of halogens is 1. The standard InChI is InChI=1S/C7H9BrN2O/c1-7(2,8)6(11)10-4-3-9-5-10/h3-5H,1-2H3. The molecule has 0 fully saturated rings. The van der Waals surface area contributed by atoms with Gasteiger partial charge in [0, 0.05) is 12.4 Å². The minimum absolute atomic E-state index is 0.0185. The van der Waals surface area contributed by atoms with Gasteiger partial charge in [-0.05, 0) is 13.8 Å². The molecule has 0 aliphatic carbocycles. The number of carbonyl (C=O) groups is 1. The highest BCUT2D eigenvalue weighted by Crippen LogP contribution is 2.17. The number of alkyl halides is 1. The molecule has 0 spiro atoms. The summed E-state index contributed by atoms with van der Waals surface area (Å²) in [4.78, 5) is 15.2. The maximum absolute atomic E-state index is 11.4. The summed E-state index contributed by atoms with van der Waals surface area (Å²) in [7, 11) is 0. The fraction of sp³-hybridized carbons (Fsp3) is 0.429. The molecule has 1 heterocycles. The molecule has 0 aromatic carbocycles. The molecule has 3 nitrogen and oxygen atoms in total. The van der Waals surface area contributed by atoms with E-state index in [1.807, 2.05) is 0 Å². The number of rotatable bonds is 1. The number of imidazole rings is 1. The number of nitrogens with zero attached hydrogens (tertiary/aromatic N) is 2. The fourth-order valence-electron chi connectivity index (χ4n) is 0.686. The Balaban J connectivity index is 2.88. The molecule has 0 atom stereocenters. The van der Waals surface area contributed by atoms with Crippen LogP contribution >= 0.6 is 15.9 Å². The molecule has 0 aliphatic rings. The highest BCUT2D eigenvalue weighted by Gasteiger charge is 2.24. The van der Waals surface area contributed by atoms with Crippen LogP contribution < -0.4 is 0 Å². The highest BCUT2D eigenvalue weighted by atomic mass is 79.9. The van der Waals surface area contributed by atoms with E-state index in [9.17, 15) is 4.79 Å². The van der Waals surface area contributed by atoms with Gasteiger partial charge in [-0.15, -0.1) is 0 Å². The topological polar surface area (TPSA) is 34.9 Å². The molecule has 0 unspecified atom stereocenters. The smallest absolute Gasteiger partial charge is 0.248 e. The Hall–Kier alpha value is -0.640. The van der Waals surface area contributed by atoms with Crippen LogP contribution in [0, 0.1) is 0 Å². The van der Waals surface area contributed by atoms with E-state index in [1.54, 1.807) is 26.2 Å². The maximum atomic E-state index is 11.4. The molecule has 0 amide bonds. The molecule has 4 heteroatoms. The third-order valence-electron chi connectivity index (χ3n) is 1.25. The molecule has 11 heavy (non-hydrogen) atoms. The number of hydrogen-bond donors (Lipinski definition) is 0. The maximum Gasteiger partial charge on any atom is 0.248 e. The summed E-state index contributed by atoms with van der Waals surface area (Å²) in [6, 6.07) is 0. The van der Waals surface area contributed by atoms with Crippen LogP contribution in [0.4, 0.5) is 0 Å². The van der Waals surface area contributed by atoms with Crippen LogP contribution in [0.3, 0.4) is 0 Å². The Morgan fingerprint density at radius 2 is 2.27 bits per heavy atom. The quantitative estimate of drug-likeness (QED) is 0.671. The Labute approximate surface area is 73.6 Å². The summed E-state index contributed by atoms with van der Waals surface area (Å²) in [5.74, 6) is -0.0185. The second-order valence-electron chi connectivity index (χ2n) is 2.75. The Morgan fingerprint density at radius 3 is 2.64 bits per heavy atom. The van der Waals surface area contributed by atoms with Gasteiger partial charge < -0.3 is 0 Å². The van der Waals surface area contributed by atoms with Gasteiger partial charge in [0.2, 0.25) is 5.91 Å². The summed E-state index contributed by atoms with van der Waals surface area (Å²) in [6.45, 7) is 3.60. The predicted octanol–water partition coefficient (Wildman–Crippen LogP) is 1.70. The number of aromatic nitrogens is 2. The molecule has 0 radical (unpaired) electrons. The van der Waals surface area contributed by atoms with Crippen molar-refractivity contribution in [2.45, 2.75) is 18.2 Å². The molecule has 1 aromatic heterocycles. The zero-order chi connectivity index (χ0) is 8.48. The monoisotopic (exact) mass is 216 g/mol. The van der Waals surface area contributed by atoms with E-state index in [0.717, 1.165) is 0 Å². The minimum atomic E-state index is -0.520. The zero-order valence-corrected chi connectivity index (χ0v) is 8.00. The summed E-state index contributed by atoms with van der Waals surface area (Å²) in [6.07, 6.45) is 4.70. The molecule has 1 rings (SSSR count). The third kappa shape index (κ3) is 1.89. The van der Waals surface area contributed by atoms with Crippen molar-refractivity contribution in [3.8, 4) is 0 Å². The average molecular weight is 217 g/mol. The van der Waals surface area contributed by atoms with Crippen LogP contribution in [0.15, 0.2) is 18.7 Å². The lowest BCUT2D eigenvalue weighted by molar-refractivity contribution is 0.0879. The van der Waals surface area contributed by atoms with Crippen LogP contribution in [-0.4, -0.2) is 19.8 Å². The van der Waals surface area contributed by atoms with E-state index in [-0.39, 0.29) is 5.91 Å². The van der Waals surface area contributed by atoms with E-state index in [0.29, 0.717) is 0 Å². The van der Waals surface area contributed by atoms with Gasteiger partial charge in [-0.25, -0.2) is 4.98 Å². The fourth-order valence-corrected chi connectivity index (χ4v) is 0.891. The van der Waals surface area contributed by atoms with Crippen LogP contribution in [0.5, 0.6) is 0 Å². The SMILES string of the molecule is CC(C)(Br)C(=O)n1ccnc1. The number of hydrogen-bond acceptors (Lipinski definition) is 2. The van der Waals surface area contributed by atoms with Crippen LogP contribution in [0.2, 0.25) is 0 Å². The largest absolute Gasteiger partial charge is 0.275 e. The lowest BCUT2D eigenvalue weighted by Gasteiger charge is -2.13. The lowest BCUT2D eigenvalue weighted by Crippen LogP contribution is -2.28. The Morgan fingerprint density at radius 1 is 1.64 bits per heavy atom. The van der Waals surface area contributed by atoms with E-state index in [2.05, 4.69) is 20.9 Å². The van der Waals surface area contributed by atoms with Gasteiger partial charge in [0.05, 0.1) is 4.32 Å². The van der Waals surface area contributed by atoms with Crippen LogP contribution in [0.1, 0.15) is 18.6 Å². The van der Waals surface area contributed by atoms with Crippen LogP contribution in [0.25, 0.3) is 0 Å². The first kappa shape index (κ1) is 8.46. The van der Waals surface area contributed by atoms with Crippen molar-refractivity contribution in [2.24, 2.45) is 0 Å². The summed E-state index contributed by atoms with van der Waals surface area (Å²) >= 11 is 3.27. The van der Waals surface area contributed by atoms with Crippen molar-refractivity contribution in [3.05, 3.63) is 18.7 Å². The van der Waals surface area contributed by atoms with Crippen molar-refractivity contribution in [2.75, 3.05) is 0 Å². The summed E-state index contributed by atoms with van der Waals surface area (Å²) in [5, 5.41) is 0. The van der Waals surface area contributed by atoms with Gasteiger partial charge in [0.1, 0.15) is 6.33 Å². The second-order valence-corrected chi connectivity index (χ2v) is 4.73. The normalized spacial score (nSPS) is 11.5. The molecule has 0 bridgehead atoms. The molecule has 0 saturated carbocycles. The molecular weight excluding hydrogens is 208 g/mol. The first-order valence-electron chi connectivity index (χ1n) is 3.23. The van der Waals surface area contributed by atoms with Gasteiger partial charge in [0.15, 0.2) is 0 Å². The van der Waals surface area contributed by atoms with Gasteiger partial charge in [0.25, 0.3) is 0 Å². The van der Waals surface area contributed by atoms with Crippen molar-refractivity contribution in [3.63, 3.8) is 0 Å². The van der Waals surface area contributed by atoms with E-state index < -0.39 is 4.32 Å². The predicted molar refractivity (Wildman–Crippen MR) is 45.9 cm³/mol. The highest BCUT2D eigenvalue weighted by molar-refractivity contribution is 9.10. The van der Waals surface area contributed by atoms with Crippen molar-refractivity contribution < 1.29 is 4.79 Å². The first-order valence-corrected chi connectivity index (χ1v) is 4.03. The molecule has 60 valence electrons. The Kier molecular flexibility index (Phi) is 2.13.